The van der Waals surface area contributed by atoms with Gasteiger partial charge in [0.05, 0.1) is 6.61 Å². The third kappa shape index (κ3) is 2.93. The van der Waals surface area contributed by atoms with Crippen LogP contribution in [0.1, 0.15) is 11.1 Å². The smallest absolute Gasteiger partial charge is 0.121 e. The van der Waals surface area contributed by atoms with E-state index in [2.05, 4.69) is 5.32 Å². The first-order valence-corrected chi connectivity index (χ1v) is 5.70. The minimum Gasteiger partial charge on any atom is -0.508 e. The first-order chi connectivity index (χ1) is 8.69. The van der Waals surface area contributed by atoms with Crippen LogP contribution in [0.2, 0.25) is 0 Å². The molecule has 0 heterocycles. The van der Waals surface area contributed by atoms with Gasteiger partial charge in [-0.25, -0.2) is 0 Å². The summed E-state index contributed by atoms with van der Waals surface area (Å²) in [7, 11) is 0. The average molecular weight is 244 g/mol. The van der Waals surface area contributed by atoms with Crippen LogP contribution in [-0.2, 0) is 13.2 Å². The topological polar surface area (TPSA) is 78.5 Å². The van der Waals surface area contributed by atoms with Crippen molar-refractivity contribution < 1.29 is 10.2 Å². The number of rotatable bonds is 4. The van der Waals surface area contributed by atoms with Crippen LogP contribution >= 0.6 is 0 Å². The van der Waals surface area contributed by atoms with Crippen LogP contribution in [-0.4, -0.2) is 10.2 Å². The molecule has 0 bridgehead atoms. The van der Waals surface area contributed by atoms with Crippen molar-refractivity contribution in [3.05, 3.63) is 53.6 Å². The molecule has 0 aliphatic rings. The number of aliphatic hydroxyl groups is 1. The highest BCUT2D eigenvalue weighted by molar-refractivity contribution is 5.51. The molecule has 0 saturated heterocycles. The molecule has 0 fully saturated rings. The second kappa shape index (κ2) is 5.42. The molecule has 94 valence electrons. The molecule has 0 atom stereocenters. The standard InChI is InChI=1S/C14H16N2O2/c15-12-3-1-10(2-4-12)8-16-13-5-6-14(18)11(7-13)9-17/h1-7,16-18H,8-9,15H2. The van der Waals surface area contributed by atoms with Crippen molar-refractivity contribution >= 4 is 11.4 Å². The lowest BCUT2D eigenvalue weighted by Crippen LogP contribution is -2.00. The summed E-state index contributed by atoms with van der Waals surface area (Å²) in [4.78, 5) is 0. The lowest BCUT2D eigenvalue weighted by Gasteiger charge is -2.09. The van der Waals surface area contributed by atoms with Gasteiger partial charge in [-0.05, 0) is 35.9 Å². The monoisotopic (exact) mass is 244 g/mol. The van der Waals surface area contributed by atoms with E-state index in [1.54, 1.807) is 18.2 Å². The average Bonchev–Trinajstić information content (AvgIpc) is 2.39. The Morgan fingerprint density at radius 2 is 1.78 bits per heavy atom. The fraction of sp³-hybridized carbons (Fsp3) is 0.143. The Balaban J connectivity index is 2.04. The fourth-order valence-electron chi connectivity index (χ4n) is 1.66. The van der Waals surface area contributed by atoms with Crippen LogP contribution in [0.15, 0.2) is 42.5 Å². The molecule has 2 aromatic rings. The van der Waals surface area contributed by atoms with Gasteiger partial charge in [-0.1, -0.05) is 12.1 Å². The van der Waals surface area contributed by atoms with Gasteiger partial charge in [0.2, 0.25) is 0 Å². The Morgan fingerprint density at radius 3 is 2.44 bits per heavy atom. The zero-order valence-corrected chi connectivity index (χ0v) is 9.93. The number of nitrogen functional groups attached to an aromatic ring is 1. The molecule has 2 rings (SSSR count). The second-order valence-electron chi connectivity index (χ2n) is 4.10. The molecule has 0 aliphatic carbocycles. The number of aliphatic hydroxyl groups excluding tert-OH is 1. The van der Waals surface area contributed by atoms with Gasteiger partial charge in [0.25, 0.3) is 0 Å². The molecule has 4 heteroatoms. The van der Waals surface area contributed by atoms with Crippen LogP contribution in [0.5, 0.6) is 5.75 Å². The molecule has 4 nitrogen and oxygen atoms in total. The van der Waals surface area contributed by atoms with Crippen LogP contribution in [0, 0.1) is 0 Å². The van der Waals surface area contributed by atoms with E-state index in [1.807, 2.05) is 24.3 Å². The van der Waals surface area contributed by atoms with E-state index in [1.165, 1.54) is 0 Å². The van der Waals surface area contributed by atoms with Crippen molar-refractivity contribution in [2.45, 2.75) is 13.2 Å². The number of aromatic hydroxyl groups is 1. The number of anilines is 2. The van der Waals surface area contributed by atoms with Crippen molar-refractivity contribution in [3.8, 4) is 5.75 Å². The highest BCUT2D eigenvalue weighted by atomic mass is 16.3. The molecule has 0 spiro atoms. The van der Waals surface area contributed by atoms with Gasteiger partial charge in [-0.3, -0.25) is 0 Å². The van der Waals surface area contributed by atoms with E-state index in [0.717, 1.165) is 16.9 Å². The summed E-state index contributed by atoms with van der Waals surface area (Å²) < 4.78 is 0. The largest absolute Gasteiger partial charge is 0.508 e. The van der Waals surface area contributed by atoms with Crippen molar-refractivity contribution in [2.24, 2.45) is 0 Å². The SMILES string of the molecule is Nc1ccc(CNc2ccc(O)c(CO)c2)cc1. The predicted molar refractivity (Wildman–Crippen MR) is 72.2 cm³/mol. The third-order valence-electron chi connectivity index (χ3n) is 2.73. The molecule has 0 saturated carbocycles. The van der Waals surface area contributed by atoms with Gasteiger partial charge >= 0.3 is 0 Å². The zero-order chi connectivity index (χ0) is 13.0. The van der Waals surface area contributed by atoms with Crippen LogP contribution in [0.3, 0.4) is 0 Å². The van der Waals surface area contributed by atoms with Crippen molar-refractivity contribution in [1.29, 1.82) is 0 Å². The van der Waals surface area contributed by atoms with Crippen LogP contribution in [0.25, 0.3) is 0 Å². The molecular weight excluding hydrogens is 228 g/mol. The minimum atomic E-state index is -0.177. The van der Waals surface area contributed by atoms with E-state index >= 15 is 0 Å². The Bertz CT molecular complexity index is 524. The minimum absolute atomic E-state index is 0.107. The maximum absolute atomic E-state index is 9.45. The molecule has 5 N–H and O–H groups in total. The maximum atomic E-state index is 9.45. The third-order valence-corrected chi connectivity index (χ3v) is 2.73. The Morgan fingerprint density at radius 1 is 1.06 bits per heavy atom. The molecular formula is C14H16N2O2. The van der Waals surface area contributed by atoms with Gasteiger partial charge in [-0.15, -0.1) is 0 Å². The molecule has 0 aliphatic heterocycles. The molecule has 0 radical (unpaired) electrons. The normalized spacial score (nSPS) is 10.3. The molecule has 0 amide bonds. The van der Waals surface area contributed by atoms with Crippen molar-refractivity contribution in [3.63, 3.8) is 0 Å². The Kier molecular flexibility index (Phi) is 3.69. The van der Waals surface area contributed by atoms with Crippen molar-refractivity contribution in [1.82, 2.24) is 0 Å². The summed E-state index contributed by atoms with van der Waals surface area (Å²) in [5, 5.41) is 21.7. The summed E-state index contributed by atoms with van der Waals surface area (Å²) >= 11 is 0. The van der Waals surface area contributed by atoms with Gasteiger partial charge in [0, 0.05) is 23.5 Å². The zero-order valence-electron chi connectivity index (χ0n) is 9.93. The van der Waals surface area contributed by atoms with E-state index in [9.17, 15) is 5.11 Å². The number of hydrogen-bond donors (Lipinski definition) is 4. The van der Waals surface area contributed by atoms with E-state index in [-0.39, 0.29) is 12.4 Å². The first kappa shape index (κ1) is 12.3. The quantitative estimate of drug-likeness (QED) is 0.490. The Labute approximate surface area is 106 Å². The lowest BCUT2D eigenvalue weighted by molar-refractivity contribution is 0.275. The van der Waals surface area contributed by atoms with E-state index in [0.29, 0.717) is 12.1 Å². The fourth-order valence-corrected chi connectivity index (χ4v) is 1.66. The van der Waals surface area contributed by atoms with E-state index in [4.69, 9.17) is 10.8 Å². The summed E-state index contributed by atoms with van der Waals surface area (Å²) in [6.07, 6.45) is 0. The summed E-state index contributed by atoms with van der Waals surface area (Å²) in [6.45, 7) is 0.485. The number of hydrogen-bond acceptors (Lipinski definition) is 4. The maximum Gasteiger partial charge on any atom is 0.121 e. The number of phenols is 1. The van der Waals surface area contributed by atoms with Gasteiger partial charge in [-0.2, -0.15) is 0 Å². The highest BCUT2D eigenvalue weighted by Gasteiger charge is 2.01. The molecule has 2 aromatic carbocycles. The molecule has 0 unspecified atom stereocenters. The van der Waals surface area contributed by atoms with Crippen LogP contribution in [0.4, 0.5) is 11.4 Å². The molecule has 0 aromatic heterocycles. The summed E-state index contributed by atoms with van der Waals surface area (Å²) in [6, 6.07) is 12.7. The van der Waals surface area contributed by atoms with Gasteiger partial charge in [0.1, 0.15) is 5.75 Å². The first-order valence-electron chi connectivity index (χ1n) is 5.70. The summed E-state index contributed by atoms with van der Waals surface area (Å²) in [5.74, 6) is 0.107. The lowest BCUT2D eigenvalue weighted by atomic mass is 10.1. The number of nitrogens with one attached hydrogen (secondary N) is 1. The van der Waals surface area contributed by atoms with Crippen LogP contribution < -0.4 is 11.1 Å². The van der Waals surface area contributed by atoms with Crippen molar-refractivity contribution in [2.75, 3.05) is 11.1 Å². The molecule has 18 heavy (non-hydrogen) atoms. The highest BCUT2D eigenvalue weighted by Crippen LogP contribution is 2.21. The predicted octanol–water partition coefficient (Wildman–Crippen LogP) is 2.08. The van der Waals surface area contributed by atoms with Gasteiger partial charge in [0.15, 0.2) is 0 Å². The number of nitrogens with two attached hydrogens (primary N) is 1. The Hall–Kier alpha value is -2.20. The van der Waals surface area contributed by atoms with Gasteiger partial charge < -0.3 is 21.3 Å². The number of benzene rings is 2. The van der Waals surface area contributed by atoms with E-state index < -0.39 is 0 Å². The second-order valence-corrected chi connectivity index (χ2v) is 4.10. The summed E-state index contributed by atoms with van der Waals surface area (Å²) in [5.41, 5.74) is 8.83.